The van der Waals surface area contributed by atoms with Crippen molar-refractivity contribution in [3.8, 4) is 0 Å². The lowest BCUT2D eigenvalue weighted by Crippen LogP contribution is -2.14. The number of pyridine rings is 2. The van der Waals surface area contributed by atoms with Crippen LogP contribution in [0.4, 0.5) is 10.1 Å². The molecule has 86 valence electrons. The molecule has 0 saturated carbocycles. The van der Waals surface area contributed by atoms with Crippen molar-refractivity contribution in [2.45, 2.75) is 0 Å². The molecule has 0 unspecified atom stereocenters. The first-order chi connectivity index (χ1) is 8.18. The number of aromatic nitrogens is 2. The average Bonchev–Trinajstić information content (AvgIpc) is 2.32. The number of amides is 1. The summed E-state index contributed by atoms with van der Waals surface area (Å²) >= 11 is 3.23. The van der Waals surface area contributed by atoms with Gasteiger partial charge < -0.3 is 5.32 Å². The van der Waals surface area contributed by atoms with E-state index in [0.717, 1.165) is 0 Å². The Kier molecular flexibility index (Phi) is 3.43. The van der Waals surface area contributed by atoms with Gasteiger partial charge in [-0.25, -0.2) is 4.98 Å². The predicted octanol–water partition coefficient (Wildman–Crippen LogP) is 2.63. The van der Waals surface area contributed by atoms with Crippen molar-refractivity contribution in [2.24, 2.45) is 0 Å². The number of hydrogen-bond acceptors (Lipinski definition) is 3. The summed E-state index contributed by atoms with van der Waals surface area (Å²) in [5, 5.41) is 2.56. The maximum atomic E-state index is 13.2. The van der Waals surface area contributed by atoms with Crippen LogP contribution in [0, 0.1) is 5.95 Å². The highest BCUT2D eigenvalue weighted by Gasteiger charge is 2.13. The van der Waals surface area contributed by atoms with E-state index in [4.69, 9.17) is 0 Å². The van der Waals surface area contributed by atoms with Gasteiger partial charge in [-0.2, -0.15) is 4.39 Å². The summed E-state index contributed by atoms with van der Waals surface area (Å²) in [6, 6.07) is 4.47. The predicted molar refractivity (Wildman–Crippen MR) is 64.1 cm³/mol. The molecular formula is C11H7BrFN3O. The summed E-state index contributed by atoms with van der Waals surface area (Å²) in [5.74, 6) is -1.35. The fraction of sp³-hybridized carbons (Fsp3) is 0. The molecule has 4 nitrogen and oxygen atoms in total. The number of halogens is 2. The lowest BCUT2D eigenvalue weighted by molar-refractivity contribution is 0.102. The molecule has 1 N–H and O–H groups in total. The molecule has 0 aromatic carbocycles. The maximum Gasteiger partial charge on any atom is 0.260 e. The molecule has 2 heterocycles. The van der Waals surface area contributed by atoms with Crippen LogP contribution in [-0.2, 0) is 0 Å². The SMILES string of the molecule is O=C(Nc1ccncc1Br)c1cccnc1F. The first kappa shape index (κ1) is 11.7. The Morgan fingerprint density at radius 1 is 1.35 bits per heavy atom. The smallest absolute Gasteiger partial charge is 0.260 e. The van der Waals surface area contributed by atoms with Gasteiger partial charge in [-0.3, -0.25) is 9.78 Å². The van der Waals surface area contributed by atoms with Gasteiger partial charge in [-0.05, 0) is 34.1 Å². The zero-order chi connectivity index (χ0) is 12.3. The number of nitrogens with one attached hydrogen (secondary N) is 1. The fourth-order valence-corrected chi connectivity index (χ4v) is 1.57. The molecule has 2 aromatic rings. The molecule has 0 aliphatic carbocycles. The van der Waals surface area contributed by atoms with Crippen molar-refractivity contribution in [1.29, 1.82) is 0 Å². The van der Waals surface area contributed by atoms with Crippen LogP contribution in [0.3, 0.4) is 0 Å². The molecule has 2 rings (SSSR count). The third-order valence-electron chi connectivity index (χ3n) is 2.02. The molecule has 17 heavy (non-hydrogen) atoms. The topological polar surface area (TPSA) is 54.9 Å². The summed E-state index contributed by atoms with van der Waals surface area (Å²) in [6.07, 6.45) is 4.35. The number of carbonyl (C=O) groups excluding carboxylic acids is 1. The van der Waals surface area contributed by atoms with E-state index in [2.05, 4.69) is 31.2 Å². The number of hydrogen-bond donors (Lipinski definition) is 1. The van der Waals surface area contributed by atoms with Gasteiger partial charge in [0.05, 0.1) is 15.7 Å². The molecule has 0 saturated heterocycles. The zero-order valence-electron chi connectivity index (χ0n) is 8.52. The van der Waals surface area contributed by atoms with Gasteiger partial charge in [0.25, 0.3) is 5.91 Å². The molecule has 0 atom stereocenters. The van der Waals surface area contributed by atoms with Gasteiger partial charge in [0.2, 0.25) is 5.95 Å². The third-order valence-corrected chi connectivity index (χ3v) is 2.66. The van der Waals surface area contributed by atoms with Crippen LogP contribution >= 0.6 is 15.9 Å². The number of anilines is 1. The molecule has 1 amide bonds. The van der Waals surface area contributed by atoms with Crippen LogP contribution in [0.5, 0.6) is 0 Å². The molecule has 0 aliphatic rings. The van der Waals surface area contributed by atoms with Crippen LogP contribution in [0.2, 0.25) is 0 Å². The quantitative estimate of drug-likeness (QED) is 0.867. The fourth-order valence-electron chi connectivity index (χ4n) is 1.22. The van der Waals surface area contributed by atoms with Crippen molar-refractivity contribution in [1.82, 2.24) is 9.97 Å². The molecular weight excluding hydrogens is 289 g/mol. The van der Waals surface area contributed by atoms with Crippen LogP contribution < -0.4 is 5.32 Å². The Balaban J connectivity index is 2.24. The number of rotatable bonds is 2. The van der Waals surface area contributed by atoms with E-state index in [1.54, 1.807) is 6.07 Å². The van der Waals surface area contributed by atoms with Crippen molar-refractivity contribution >= 4 is 27.5 Å². The van der Waals surface area contributed by atoms with Crippen LogP contribution in [-0.4, -0.2) is 15.9 Å². The van der Waals surface area contributed by atoms with E-state index < -0.39 is 11.9 Å². The first-order valence-electron chi connectivity index (χ1n) is 4.70. The van der Waals surface area contributed by atoms with Crippen LogP contribution in [0.1, 0.15) is 10.4 Å². The van der Waals surface area contributed by atoms with E-state index in [1.165, 1.54) is 30.7 Å². The van der Waals surface area contributed by atoms with Crippen molar-refractivity contribution < 1.29 is 9.18 Å². The molecule has 6 heteroatoms. The standard InChI is InChI=1S/C11H7BrFN3O/c12-8-6-14-5-3-9(8)16-11(17)7-2-1-4-15-10(7)13/h1-6H,(H,14,16,17). The Morgan fingerprint density at radius 3 is 2.88 bits per heavy atom. The minimum absolute atomic E-state index is 0.101. The van der Waals surface area contributed by atoms with Crippen molar-refractivity contribution in [3.63, 3.8) is 0 Å². The molecule has 0 bridgehead atoms. The summed E-state index contributed by atoms with van der Waals surface area (Å²) in [4.78, 5) is 19.0. The van der Waals surface area contributed by atoms with E-state index in [1.807, 2.05) is 0 Å². The largest absolute Gasteiger partial charge is 0.321 e. The second-order valence-corrected chi connectivity index (χ2v) is 4.01. The summed E-state index contributed by atoms with van der Waals surface area (Å²) < 4.78 is 13.9. The van der Waals surface area contributed by atoms with Gasteiger partial charge in [0.15, 0.2) is 0 Å². The highest BCUT2D eigenvalue weighted by atomic mass is 79.9. The lowest BCUT2D eigenvalue weighted by Gasteiger charge is -2.06. The Labute approximate surface area is 105 Å². The highest BCUT2D eigenvalue weighted by molar-refractivity contribution is 9.10. The van der Waals surface area contributed by atoms with Gasteiger partial charge in [0.1, 0.15) is 0 Å². The monoisotopic (exact) mass is 295 g/mol. The second kappa shape index (κ2) is 5.01. The van der Waals surface area contributed by atoms with Gasteiger partial charge in [0, 0.05) is 18.6 Å². The van der Waals surface area contributed by atoms with Crippen LogP contribution in [0.25, 0.3) is 0 Å². The van der Waals surface area contributed by atoms with E-state index >= 15 is 0 Å². The minimum atomic E-state index is -0.796. The van der Waals surface area contributed by atoms with Gasteiger partial charge in [-0.1, -0.05) is 0 Å². The lowest BCUT2D eigenvalue weighted by atomic mass is 10.2. The second-order valence-electron chi connectivity index (χ2n) is 3.15. The third kappa shape index (κ3) is 2.65. The van der Waals surface area contributed by atoms with Crippen LogP contribution in [0.15, 0.2) is 41.3 Å². The maximum absolute atomic E-state index is 13.2. The molecule has 0 spiro atoms. The van der Waals surface area contributed by atoms with Gasteiger partial charge >= 0.3 is 0 Å². The summed E-state index contributed by atoms with van der Waals surface area (Å²) in [6.45, 7) is 0. The Morgan fingerprint density at radius 2 is 2.18 bits per heavy atom. The molecule has 0 aliphatic heterocycles. The Bertz CT molecular complexity index is 562. The summed E-state index contributed by atoms with van der Waals surface area (Å²) in [7, 11) is 0. The van der Waals surface area contributed by atoms with E-state index in [-0.39, 0.29) is 5.56 Å². The zero-order valence-corrected chi connectivity index (χ0v) is 10.1. The molecule has 2 aromatic heterocycles. The molecule has 0 fully saturated rings. The number of nitrogens with zero attached hydrogens (tertiary/aromatic N) is 2. The summed E-state index contributed by atoms with van der Waals surface area (Å²) in [5.41, 5.74) is 0.421. The van der Waals surface area contributed by atoms with E-state index in [9.17, 15) is 9.18 Å². The normalized spacial score (nSPS) is 10.0. The van der Waals surface area contributed by atoms with Crippen molar-refractivity contribution in [3.05, 3.63) is 52.8 Å². The van der Waals surface area contributed by atoms with Crippen molar-refractivity contribution in [2.75, 3.05) is 5.32 Å². The Hall–Kier alpha value is -1.82. The highest BCUT2D eigenvalue weighted by Crippen LogP contribution is 2.20. The van der Waals surface area contributed by atoms with E-state index in [0.29, 0.717) is 10.2 Å². The average molecular weight is 296 g/mol. The molecule has 0 radical (unpaired) electrons. The van der Waals surface area contributed by atoms with Gasteiger partial charge in [-0.15, -0.1) is 0 Å². The minimum Gasteiger partial charge on any atom is -0.321 e. The first-order valence-corrected chi connectivity index (χ1v) is 5.49. The number of carbonyl (C=O) groups is 1.